The van der Waals surface area contributed by atoms with E-state index in [4.69, 9.17) is 0 Å². The van der Waals surface area contributed by atoms with Crippen molar-refractivity contribution < 1.29 is 4.79 Å². The Kier molecular flexibility index (Phi) is 5.27. The Morgan fingerprint density at radius 2 is 1.65 bits per heavy atom. The fraction of sp³-hybridized carbons (Fsp3) is 0.190. The number of hydrogen-bond acceptors (Lipinski definition) is 4. The van der Waals surface area contributed by atoms with E-state index in [9.17, 15) is 4.79 Å². The molecule has 2 aromatic carbocycles. The largest absolute Gasteiger partial charge is 0.324 e. The van der Waals surface area contributed by atoms with E-state index >= 15 is 0 Å². The van der Waals surface area contributed by atoms with Crippen LogP contribution in [-0.2, 0) is 0 Å². The van der Waals surface area contributed by atoms with E-state index < -0.39 is 0 Å². The van der Waals surface area contributed by atoms with Crippen LogP contribution in [-0.4, -0.2) is 15.9 Å². The number of anilines is 3. The van der Waals surface area contributed by atoms with Gasteiger partial charge < -0.3 is 10.6 Å². The molecule has 0 bridgehead atoms. The summed E-state index contributed by atoms with van der Waals surface area (Å²) in [5.74, 6) is 0.618. The van der Waals surface area contributed by atoms with Gasteiger partial charge in [0.25, 0.3) is 5.91 Å². The lowest BCUT2D eigenvalue weighted by atomic mass is 9.98. The Hall–Kier alpha value is -3.21. The predicted molar refractivity (Wildman–Crippen MR) is 105 cm³/mol. The van der Waals surface area contributed by atoms with Crippen molar-refractivity contribution in [2.45, 2.75) is 26.7 Å². The molecule has 2 N–H and O–H groups in total. The number of nitrogens with zero attached hydrogens (tertiary/aromatic N) is 2. The van der Waals surface area contributed by atoms with Gasteiger partial charge in [0.2, 0.25) is 5.95 Å². The molecule has 0 saturated heterocycles. The SMILES string of the molecule is Cc1cccc(C(C)C)c1Nc1ncc(C(=O)Nc2ccccc2)cn1. The van der Waals surface area contributed by atoms with Crippen LogP contribution in [0.5, 0.6) is 0 Å². The summed E-state index contributed by atoms with van der Waals surface area (Å²) in [4.78, 5) is 20.9. The number of aryl methyl sites for hydroxylation is 1. The van der Waals surface area contributed by atoms with Crippen molar-refractivity contribution in [3.05, 3.63) is 77.6 Å². The Morgan fingerprint density at radius 3 is 2.31 bits per heavy atom. The first-order chi connectivity index (χ1) is 12.5. The van der Waals surface area contributed by atoms with Crippen LogP contribution in [0.15, 0.2) is 60.9 Å². The molecule has 0 radical (unpaired) electrons. The topological polar surface area (TPSA) is 66.9 Å². The standard InChI is InChI=1S/C21H22N4O/c1-14(2)18-11-7-8-15(3)19(18)25-21-22-12-16(13-23-21)20(26)24-17-9-5-4-6-10-17/h4-14H,1-3H3,(H,24,26)(H,22,23,25). The van der Waals surface area contributed by atoms with Crippen molar-refractivity contribution in [3.8, 4) is 0 Å². The number of aromatic nitrogens is 2. The normalized spacial score (nSPS) is 10.6. The molecule has 0 atom stereocenters. The number of carbonyl (C=O) groups excluding carboxylic acids is 1. The molecule has 0 aliphatic rings. The van der Waals surface area contributed by atoms with Crippen LogP contribution >= 0.6 is 0 Å². The highest BCUT2D eigenvalue weighted by Crippen LogP contribution is 2.29. The molecular formula is C21H22N4O. The van der Waals surface area contributed by atoms with Gasteiger partial charge >= 0.3 is 0 Å². The zero-order chi connectivity index (χ0) is 18.5. The molecule has 0 saturated carbocycles. The van der Waals surface area contributed by atoms with Gasteiger partial charge in [-0.15, -0.1) is 0 Å². The number of rotatable bonds is 5. The number of para-hydroxylation sites is 2. The maximum atomic E-state index is 12.3. The summed E-state index contributed by atoms with van der Waals surface area (Å²) in [6.45, 7) is 6.35. The molecular weight excluding hydrogens is 324 g/mol. The average Bonchev–Trinajstić information content (AvgIpc) is 2.64. The van der Waals surface area contributed by atoms with E-state index in [0.717, 1.165) is 16.9 Å². The first-order valence-electron chi connectivity index (χ1n) is 8.59. The number of carbonyl (C=O) groups is 1. The van der Waals surface area contributed by atoms with Gasteiger partial charge in [0.05, 0.1) is 5.56 Å². The minimum atomic E-state index is -0.235. The molecule has 3 aromatic rings. The molecule has 1 aromatic heterocycles. The van der Waals surface area contributed by atoms with Crippen LogP contribution in [0.2, 0.25) is 0 Å². The fourth-order valence-corrected chi connectivity index (χ4v) is 2.69. The molecule has 0 unspecified atom stereocenters. The highest BCUT2D eigenvalue weighted by Gasteiger charge is 2.12. The molecule has 0 spiro atoms. The average molecular weight is 346 g/mol. The van der Waals surface area contributed by atoms with Crippen LogP contribution in [0.3, 0.4) is 0 Å². The zero-order valence-electron chi connectivity index (χ0n) is 15.2. The van der Waals surface area contributed by atoms with Gasteiger partial charge in [0.1, 0.15) is 0 Å². The van der Waals surface area contributed by atoms with E-state index in [1.165, 1.54) is 18.0 Å². The maximum Gasteiger partial charge on any atom is 0.258 e. The van der Waals surface area contributed by atoms with Crippen LogP contribution in [0.25, 0.3) is 0 Å². The van der Waals surface area contributed by atoms with Crippen LogP contribution in [0, 0.1) is 6.92 Å². The lowest BCUT2D eigenvalue weighted by Crippen LogP contribution is -2.13. The lowest BCUT2D eigenvalue weighted by molar-refractivity contribution is 0.102. The molecule has 0 aliphatic carbocycles. The quantitative estimate of drug-likeness (QED) is 0.689. The first-order valence-corrected chi connectivity index (χ1v) is 8.59. The Balaban J connectivity index is 1.76. The van der Waals surface area contributed by atoms with Gasteiger partial charge in [-0.05, 0) is 36.1 Å². The molecule has 5 heteroatoms. The zero-order valence-corrected chi connectivity index (χ0v) is 15.2. The van der Waals surface area contributed by atoms with E-state index in [0.29, 0.717) is 17.4 Å². The molecule has 1 heterocycles. The maximum absolute atomic E-state index is 12.3. The second kappa shape index (κ2) is 7.78. The monoisotopic (exact) mass is 346 g/mol. The third-order valence-corrected chi connectivity index (χ3v) is 4.11. The van der Waals surface area contributed by atoms with Gasteiger partial charge in [-0.1, -0.05) is 50.2 Å². The summed E-state index contributed by atoms with van der Waals surface area (Å²) >= 11 is 0. The third-order valence-electron chi connectivity index (χ3n) is 4.11. The van der Waals surface area contributed by atoms with E-state index in [2.05, 4.69) is 53.5 Å². The summed E-state index contributed by atoms with van der Waals surface area (Å²) in [6.07, 6.45) is 3.06. The minimum Gasteiger partial charge on any atom is -0.324 e. The van der Waals surface area contributed by atoms with E-state index in [-0.39, 0.29) is 5.91 Å². The Morgan fingerprint density at radius 1 is 0.962 bits per heavy atom. The lowest BCUT2D eigenvalue weighted by Gasteiger charge is -2.16. The highest BCUT2D eigenvalue weighted by molar-refractivity contribution is 6.03. The molecule has 132 valence electrons. The van der Waals surface area contributed by atoms with Crippen LogP contribution in [0.4, 0.5) is 17.3 Å². The Bertz CT molecular complexity index is 890. The van der Waals surface area contributed by atoms with Crippen molar-refractivity contribution >= 4 is 23.2 Å². The molecule has 26 heavy (non-hydrogen) atoms. The van der Waals surface area contributed by atoms with Crippen molar-refractivity contribution in [3.63, 3.8) is 0 Å². The second-order valence-corrected chi connectivity index (χ2v) is 6.43. The van der Waals surface area contributed by atoms with Crippen molar-refractivity contribution in [2.24, 2.45) is 0 Å². The van der Waals surface area contributed by atoms with Gasteiger partial charge in [0, 0.05) is 23.8 Å². The van der Waals surface area contributed by atoms with Gasteiger partial charge in [-0.3, -0.25) is 4.79 Å². The van der Waals surface area contributed by atoms with Crippen LogP contribution in [0.1, 0.15) is 41.3 Å². The minimum absolute atomic E-state index is 0.235. The fourth-order valence-electron chi connectivity index (χ4n) is 2.69. The van der Waals surface area contributed by atoms with Crippen molar-refractivity contribution in [2.75, 3.05) is 10.6 Å². The highest BCUT2D eigenvalue weighted by atomic mass is 16.1. The molecule has 3 rings (SSSR count). The second-order valence-electron chi connectivity index (χ2n) is 6.43. The summed E-state index contributed by atoms with van der Waals surface area (Å²) in [6, 6.07) is 15.5. The number of amides is 1. The summed E-state index contributed by atoms with van der Waals surface area (Å²) in [7, 11) is 0. The van der Waals surface area contributed by atoms with Gasteiger partial charge in [0.15, 0.2) is 0 Å². The smallest absolute Gasteiger partial charge is 0.258 e. The number of benzene rings is 2. The summed E-state index contributed by atoms with van der Waals surface area (Å²) in [5, 5.41) is 6.11. The Labute approximate surface area is 153 Å². The molecule has 0 fully saturated rings. The summed E-state index contributed by atoms with van der Waals surface area (Å²) < 4.78 is 0. The van der Waals surface area contributed by atoms with Crippen LogP contribution < -0.4 is 10.6 Å². The molecule has 1 amide bonds. The summed E-state index contributed by atoms with van der Waals surface area (Å²) in [5.41, 5.74) is 4.50. The van der Waals surface area contributed by atoms with Crippen molar-refractivity contribution in [1.29, 1.82) is 0 Å². The van der Waals surface area contributed by atoms with Crippen molar-refractivity contribution in [1.82, 2.24) is 9.97 Å². The van der Waals surface area contributed by atoms with E-state index in [1.807, 2.05) is 36.4 Å². The van der Waals surface area contributed by atoms with E-state index in [1.54, 1.807) is 0 Å². The molecule has 0 aliphatic heterocycles. The number of hydrogen-bond donors (Lipinski definition) is 2. The predicted octanol–water partition coefficient (Wildman–Crippen LogP) is 4.90. The van der Waals surface area contributed by atoms with Gasteiger partial charge in [-0.2, -0.15) is 0 Å². The number of nitrogens with one attached hydrogen (secondary N) is 2. The van der Waals surface area contributed by atoms with Gasteiger partial charge in [-0.25, -0.2) is 9.97 Å². The third kappa shape index (κ3) is 4.06. The molecule has 5 nitrogen and oxygen atoms in total. The first kappa shape index (κ1) is 17.6.